The number of carbonyl (C=O) groups excluding carboxylic acids is 1. The van der Waals surface area contributed by atoms with Gasteiger partial charge in [-0.25, -0.2) is 0 Å². The van der Waals surface area contributed by atoms with E-state index in [1.165, 1.54) is 18.2 Å². The maximum atomic E-state index is 12.2. The first-order valence-corrected chi connectivity index (χ1v) is 5.43. The van der Waals surface area contributed by atoms with Gasteiger partial charge in [0.1, 0.15) is 5.76 Å². The van der Waals surface area contributed by atoms with Gasteiger partial charge in [-0.15, -0.1) is 4.91 Å². The Kier molecular flexibility index (Phi) is 4.84. The second kappa shape index (κ2) is 6.18. The standard InChI is InChI=1S/C12H11F3N2O3/c1-7(18)10(17-20)11(19)16-9-4-2-3-8(5-9)6-12(13,14)15/h2-5,18H,6H2,1H3,(H,16,19)/b10-7+. The summed E-state index contributed by atoms with van der Waals surface area (Å²) >= 11 is 0. The summed E-state index contributed by atoms with van der Waals surface area (Å²) in [7, 11) is 0. The van der Waals surface area contributed by atoms with Gasteiger partial charge in [-0.2, -0.15) is 13.2 Å². The number of rotatable bonds is 4. The Balaban J connectivity index is 2.89. The first-order valence-electron chi connectivity index (χ1n) is 5.43. The molecule has 0 heterocycles. The normalized spacial score (nSPS) is 12.6. The third-order valence-electron chi connectivity index (χ3n) is 2.24. The molecule has 0 aromatic heterocycles. The number of carbonyl (C=O) groups is 1. The minimum atomic E-state index is -4.36. The van der Waals surface area contributed by atoms with Gasteiger partial charge in [0, 0.05) is 5.69 Å². The van der Waals surface area contributed by atoms with Crippen molar-refractivity contribution < 1.29 is 23.1 Å². The summed E-state index contributed by atoms with van der Waals surface area (Å²) in [5, 5.41) is 13.6. The summed E-state index contributed by atoms with van der Waals surface area (Å²) in [4.78, 5) is 21.9. The Morgan fingerprint density at radius 1 is 1.40 bits per heavy atom. The van der Waals surface area contributed by atoms with Crippen LogP contribution in [-0.2, 0) is 11.2 Å². The molecule has 2 N–H and O–H groups in total. The van der Waals surface area contributed by atoms with Crippen molar-refractivity contribution in [2.24, 2.45) is 5.18 Å². The van der Waals surface area contributed by atoms with E-state index in [0.29, 0.717) is 0 Å². The van der Waals surface area contributed by atoms with E-state index >= 15 is 0 Å². The van der Waals surface area contributed by atoms with Gasteiger partial charge in [0.15, 0.2) is 0 Å². The lowest BCUT2D eigenvalue weighted by Crippen LogP contribution is -2.15. The second-order valence-corrected chi connectivity index (χ2v) is 3.97. The molecule has 0 bridgehead atoms. The van der Waals surface area contributed by atoms with Gasteiger partial charge in [-0.05, 0) is 29.8 Å². The minimum Gasteiger partial charge on any atom is -0.510 e. The van der Waals surface area contributed by atoms with Crippen LogP contribution in [0.4, 0.5) is 18.9 Å². The summed E-state index contributed by atoms with van der Waals surface area (Å²) in [6.45, 7) is 1.09. The van der Waals surface area contributed by atoms with Crippen LogP contribution in [0.15, 0.2) is 40.9 Å². The number of hydrogen-bond donors (Lipinski definition) is 2. The first kappa shape index (κ1) is 15.7. The van der Waals surface area contributed by atoms with Crippen LogP contribution in [0, 0.1) is 4.91 Å². The van der Waals surface area contributed by atoms with E-state index in [0.717, 1.165) is 13.0 Å². The van der Waals surface area contributed by atoms with Gasteiger partial charge in [-0.1, -0.05) is 12.1 Å². The predicted molar refractivity (Wildman–Crippen MR) is 66.0 cm³/mol. The molecule has 1 aromatic rings. The number of halogens is 3. The fraction of sp³-hybridized carbons (Fsp3) is 0.250. The maximum absolute atomic E-state index is 12.2. The average molecular weight is 288 g/mol. The highest BCUT2D eigenvalue weighted by molar-refractivity contribution is 6.03. The van der Waals surface area contributed by atoms with Crippen molar-refractivity contribution in [3.8, 4) is 0 Å². The Labute approximate surface area is 112 Å². The average Bonchev–Trinajstić information content (AvgIpc) is 2.27. The molecule has 108 valence electrons. The molecule has 0 aliphatic heterocycles. The molecule has 0 radical (unpaired) electrons. The van der Waals surface area contributed by atoms with Crippen LogP contribution in [0.3, 0.4) is 0 Å². The lowest BCUT2D eigenvalue weighted by atomic mass is 10.1. The van der Waals surface area contributed by atoms with Crippen LogP contribution in [0.2, 0.25) is 0 Å². The molecule has 20 heavy (non-hydrogen) atoms. The number of alkyl halides is 3. The third kappa shape index (κ3) is 4.71. The number of aliphatic hydroxyl groups is 1. The molecule has 0 aliphatic rings. The monoisotopic (exact) mass is 288 g/mol. The summed E-state index contributed by atoms with van der Waals surface area (Å²) in [6.07, 6.45) is -5.50. The molecule has 0 saturated heterocycles. The SMILES string of the molecule is C/C(O)=C(\N=O)C(=O)Nc1cccc(CC(F)(F)F)c1. The number of nitrogens with zero attached hydrogens (tertiary/aromatic N) is 1. The Morgan fingerprint density at radius 3 is 2.55 bits per heavy atom. The van der Waals surface area contributed by atoms with Gasteiger partial charge >= 0.3 is 6.18 Å². The molecule has 0 atom stereocenters. The molecule has 8 heteroatoms. The fourth-order valence-corrected chi connectivity index (χ4v) is 1.45. The second-order valence-electron chi connectivity index (χ2n) is 3.97. The number of hydrogen-bond acceptors (Lipinski definition) is 4. The number of anilines is 1. The van der Waals surface area contributed by atoms with E-state index in [4.69, 9.17) is 5.11 Å². The Hall–Kier alpha value is -2.38. The first-order chi connectivity index (χ1) is 9.23. The number of allylic oxidation sites excluding steroid dienone is 1. The van der Waals surface area contributed by atoms with Gasteiger partial charge in [-0.3, -0.25) is 4.79 Å². The highest BCUT2D eigenvalue weighted by atomic mass is 19.4. The Bertz CT molecular complexity index is 549. The zero-order chi connectivity index (χ0) is 15.3. The van der Waals surface area contributed by atoms with Crippen molar-refractivity contribution in [3.05, 3.63) is 46.2 Å². The van der Waals surface area contributed by atoms with Crippen LogP contribution < -0.4 is 5.32 Å². The number of nitroso groups, excluding NO2 is 1. The van der Waals surface area contributed by atoms with Crippen LogP contribution in [0.5, 0.6) is 0 Å². The number of nitrogens with one attached hydrogen (secondary N) is 1. The highest BCUT2D eigenvalue weighted by Crippen LogP contribution is 2.23. The molecular weight excluding hydrogens is 277 g/mol. The molecule has 0 saturated carbocycles. The quantitative estimate of drug-likeness (QED) is 0.507. The van der Waals surface area contributed by atoms with E-state index in [1.54, 1.807) is 0 Å². The molecule has 0 fully saturated rings. The molecule has 1 aromatic carbocycles. The van der Waals surface area contributed by atoms with Crippen LogP contribution in [-0.4, -0.2) is 17.2 Å². The van der Waals surface area contributed by atoms with Crippen molar-refractivity contribution in [1.29, 1.82) is 0 Å². The molecular formula is C12H11F3N2O3. The van der Waals surface area contributed by atoms with Crippen molar-refractivity contribution in [3.63, 3.8) is 0 Å². The van der Waals surface area contributed by atoms with E-state index in [1.807, 2.05) is 0 Å². The molecule has 1 rings (SSSR count). The molecule has 0 aliphatic carbocycles. The van der Waals surface area contributed by atoms with E-state index in [9.17, 15) is 22.9 Å². The molecule has 0 spiro atoms. The summed E-state index contributed by atoms with van der Waals surface area (Å²) < 4.78 is 36.7. The topological polar surface area (TPSA) is 78.8 Å². The maximum Gasteiger partial charge on any atom is 0.393 e. The summed E-state index contributed by atoms with van der Waals surface area (Å²) in [5.74, 6) is -1.58. The molecule has 5 nitrogen and oxygen atoms in total. The van der Waals surface area contributed by atoms with Gasteiger partial charge in [0.2, 0.25) is 5.70 Å². The molecule has 0 unspecified atom stereocenters. The van der Waals surface area contributed by atoms with E-state index in [-0.39, 0.29) is 11.3 Å². The summed E-state index contributed by atoms with van der Waals surface area (Å²) in [6, 6.07) is 5.07. The number of amides is 1. The smallest absolute Gasteiger partial charge is 0.393 e. The van der Waals surface area contributed by atoms with E-state index < -0.39 is 30.0 Å². The van der Waals surface area contributed by atoms with Crippen molar-refractivity contribution in [2.75, 3.05) is 5.32 Å². The zero-order valence-electron chi connectivity index (χ0n) is 10.4. The third-order valence-corrected chi connectivity index (χ3v) is 2.24. The van der Waals surface area contributed by atoms with Crippen LogP contribution in [0.25, 0.3) is 0 Å². The van der Waals surface area contributed by atoms with Gasteiger partial charge in [0.05, 0.1) is 6.42 Å². The number of benzene rings is 1. The van der Waals surface area contributed by atoms with Crippen LogP contribution >= 0.6 is 0 Å². The lowest BCUT2D eigenvalue weighted by molar-refractivity contribution is -0.127. The van der Waals surface area contributed by atoms with Crippen molar-refractivity contribution >= 4 is 11.6 Å². The van der Waals surface area contributed by atoms with Gasteiger partial charge in [0.25, 0.3) is 5.91 Å². The summed E-state index contributed by atoms with van der Waals surface area (Å²) in [5.41, 5.74) is -0.703. The largest absolute Gasteiger partial charge is 0.510 e. The minimum absolute atomic E-state index is 0.0411. The van der Waals surface area contributed by atoms with Crippen molar-refractivity contribution in [2.45, 2.75) is 19.5 Å². The van der Waals surface area contributed by atoms with E-state index in [2.05, 4.69) is 10.5 Å². The predicted octanol–water partition coefficient (Wildman–Crippen LogP) is 3.29. The highest BCUT2D eigenvalue weighted by Gasteiger charge is 2.27. The van der Waals surface area contributed by atoms with Gasteiger partial charge < -0.3 is 10.4 Å². The van der Waals surface area contributed by atoms with Crippen LogP contribution in [0.1, 0.15) is 12.5 Å². The zero-order valence-corrected chi connectivity index (χ0v) is 10.4. The number of aliphatic hydroxyl groups excluding tert-OH is 1. The molecule has 1 amide bonds. The Morgan fingerprint density at radius 2 is 2.05 bits per heavy atom. The van der Waals surface area contributed by atoms with Crippen molar-refractivity contribution in [1.82, 2.24) is 0 Å². The lowest BCUT2D eigenvalue weighted by Gasteiger charge is -2.09. The fourth-order valence-electron chi connectivity index (χ4n) is 1.45.